The first kappa shape index (κ1) is 17.4. The molecule has 3 N–H and O–H groups in total. The summed E-state index contributed by atoms with van der Waals surface area (Å²) in [5.41, 5.74) is 2.66. The molecule has 1 aromatic heterocycles. The largest absolute Gasteiger partial charge is 0.382 e. The number of carbonyl (C=O) groups excluding carboxylic acids is 1. The van der Waals surface area contributed by atoms with Crippen LogP contribution in [0.2, 0.25) is 0 Å². The number of nitrogens with one attached hydrogen (secondary N) is 3. The van der Waals surface area contributed by atoms with E-state index >= 15 is 0 Å². The molecule has 1 aliphatic heterocycles. The molecule has 3 rings (SSSR count). The van der Waals surface area contributed by atoms with E-state index in [2.05, 4.69) is 21.0 Å². The monoisotopic (exact) mass is 343 g/mol. The van der Waals surface area contributed by atoms with Gasteiger partial charge in [0, 0.05) is 49.4 Å². The molecule has 1 fully saturated rings. The van der Waals surface area contributed by atoms with Crippen LogP contribution in [-0.4, -0.2) is 42.0 Å². The van der Waals surface area contributed by atoms with E-state index in [0.29, 0.717) is 6.04 Å². The summed E-state index contributed by atoms with van der Waals surface area (Å²) in [6.45, 7) is 1.62. The van der Waals surface area contributed by atoms with Crippen molar-refractivity contribution in [2.24, 2.45) is 7.05 Å². The lowest BCUT2D eigenvalue weighted by Gasteiger charge is -2.24. The van der Waals surface area contributed by atoms with Crippen molar-refractivity contribution in [1.82, 2.24) is 15.1 Å². The third kappa shape index (κ3) is 4.58. The van der Waals surface area contributed by atoms with Crippen molar-refractivity contribution in [3.63, 3.8) is 0 Å². The predicted octanol–water partition coefficient (Wildman–Crippen LogP) is 1.91. The highest BCUT2D eigenvalue weighted by Crippen LogP contribution is 2.19. The summed E-state index contributed by atoms with van der Waals surface area (Å²) in [5.74, 6) is -0.111. The first-order valence-electron chi connectivity index (χ1n) is 8.57. The number of aryl methyl sites for hydroxylation is 1. The summed E-state index contributed by atoms with van der Waals surface area (Å²) < 4.78 is 7.06. The molecule has 2 heterocycles. The number of ether oxygens (including phenoxy) is 1. The fourth-order valence-corrected chi connectivity index (χ4v) is 2.98. The Balaban J connectivity index is 1.59. The highest BCUT2D eigenvalue weighted by atomic mass is 16.5. The second-order valence-electron chi connectivity index (χ2n) is 6.27. The minimum Gasteiger partial charge on any atom is -0.382 e. The Bertz CT molecular complexity index is 692. The van der Waals surface area contributed by atoms with Gasteiger partial charge in [-0.2, -0.15) is 5.10 Å². The Hall–Kier alpha value is -2.38. The predicted molar refractivity (Wildman–Crippen MR) is 97.5 cm³/mol. The second-order valence-corrected chi connectivity index (χ2v) is 6.27. The molecule has 0 bridgehead atoms. The van der Waals surface area contributed by atoms with E-state index in [9.17, 15) is 4.79 Å². The van der Waals surface area contributed by atoms with Gasteiger partial charge in [0.05, 0.1) is 6.20 Å². The first-order chi connectivity index (χ1) is 12.2. The van der Waals surface area contributed by atoms with Crippen molar-refractivity contribution in [1.29, 1.82) is 0 Å². The number of hydrogen-bond donors (Lipinski definition) is 3. The molecule has 134 valence electrons. The lowest BCUT2D eigenvalue weighted by atomic mass is 10.1. The van der Waals surface area contributed by atoms with Gasteiger partial charge in [0.25, 0.3) is 0 Å². The Kier molecular flexibility index (Phi) is 5.67. The molecule has 1 saturated heterocycles. The molecule has 1 aliphatic rings. The van der Waals surface area contributed by atoms with E-state index in [4.69, 9.17) is 4.74 Å². The zero-order valence-electron chi connectivity index (χ0n) is 14.7. The summed E-state index contributed by atoms with van der Waals surface area (Å²) in [4.78, 5) is 12.5. The van der Waals surface area contributed by atoms with Crippen molar-refractivity contribution in [2.45, 2.75) is 24.9 Å². The van der Waals surface area contributed by atoms with Gasteiger partial charge in [-0.05, 0) is 44.2 Å². The van der Waals surface area contributed by atoms with Crippen molar-refractivity contribution in [3.05, 3.63) is 42.2 Å². The van der Waals surface area contributed by atoms with Gasteiger partial charge >= 0.3 is 0 Å². The molecule has 0 saturated carbocycles. The maximum Gasteiger partial charge on any atom is 0.246 e. The number of carbonyl (C=O) groups is 1. The molecular weight excluding hydrogens is 318 g/mol. The number of amides is 1. The number of benzene rings is 1. The van der Waals surface area contributed by atoms with E-state index in [1.165, 1.54) is 0 Å². The molecule has 1 atom stereocenters. The average Bonchev–Trinajstić information content (AvgIpc) is 3.04. The van der Waals surface area contributed by atoms with Gasteiger partial charge in [0.2, 0.25) is 5.91 Å². The average molecular weight is 343 g/mol. The molecular formula is C18H25N5O2. The minimum absolute atomic E-state index is 0.111. The van der Waals surface area contributed by atoms with Crippen molar-refractivity contribution in [2.75, 3.05) is 30.9 Å². The lowest BCUT2D eigenvalue weighted by Crippen LogP contribution is -2.30. The van der Waals surface area contributed by atoms with Gasteiger partial charge in [-0.3, -0.25) is 9.48 Å². The summed E-state index contributed by atoms with van der Waals surface area (Å²) in [7, 11) is 3.59. The van der Waals surface area contributed by atoms with E-state index in [1.807, 2.05) is 37.5 Å². The van der Waals surface area contributed by atoms with Gasteiger partial charge in [-0.1, -0.05) is 0 Å². The topological polar surface area (TPSA) is 80.2 Å². The molecule has 0 aliphatic carbocycles. The summed E-state index contributed by atoms with van der Waals surface area (Å²) in [6.07, 6.45) is 5.57. The van der Waals surface area contributed by atoms with Crippen LogP contribution >= 0.6 is 0 Å². The molecule has 1 aromatic carbocycles. The van der Waals surface area contributed by atoms with Crippen LogP contribution < -0.4 is 16.0 Å². The van der Waals surface area contributed by atoms with Gasteiger partial charge in [-0.25, -0.2) is 0 Å². The van der Waals surface area contributed by atoms with E-state index in [-0.39, 0.29) is 5.91 Å². The fourth-order valence-electron chi connectivity index (χ4n) is 2.98. The quantitative estimate of drug-likeness (QED) is 0.747. The number of anilines is 2. The maximum atomic E-state index is 12.5. The smallest absolute Gasteiger partial charge is 0.246 e. The Labute approximate surface area is 147 Å². The Morgan fingerprint density at radius 2 is 1.92 bits per heavy atom. The summed E-state index contributed by atoms with van der Waals surface area (Å²) >= 11 is 0. The lowest BCUT2D eigenvalue weighted by molar-refractivity contribution is -0.118. The van der Waals surface area contributed by atoms with Crippen LogP contribution in [0.1, 0.15) is 24.4 Å². The van der Waals surface area contributed by atoms with Crippen LogP contribution in [0.5, 0.6) is 0 Å². The number of hydrogen-bond acceptors (Lipinski definition) is 5. The molecule has 2 aromatic rings. The molecule has 0 radical (unpaired) electrons. The molecule has 1 amide bonds. The maximum absolute atomic E-state index is 12.5. The Morgan fingerprint density at radius 1 is 1.24 bits per heavy atom. The third-order valence-electron chi connectivity index (χ3n) is 4.35. The van der Waals surface area contributed by atoms with Crippen LogP contribution in [0.4, 0.5) is 11.4 Å². The summed E-state index contributed by atoms with van der Waals surface area (Å²) in [5, 5.41) is 13.6. The van der Waals surface area contributed by atoms with E-state index in [0.717, 1.165) is 43.0 Å². The van der Waals surface area contributed by atoms with Gasteiger partial charge in [0.15, 0.2) is 0 Å². The van der Waals surface area contributed by atoms with E-state index in [1.54, 1.807) is 17.9 Å². The number of rotatable bonds is 6. The Morgan fingerprint density at radius 3 is 2.52 bits per heavy atom. The van der Waals surface area contributed by atoms with Crippen molar-refractivity contribution < 1.29 is 9.53 Å². The van der Waals surface area contributed by atoms with Crippen LogP contribution in [-0.2, 0) is 16.6 Å². The van der Waals surface area contributed by atoms with Gasteiger partial charge in [-0.15, -0.1) is 0 Å². The molecule has 1 unspecified atom stereocenters. The van der Waals surface area contributed by atoms with Crippen LogP contribution in [0, 0.1) is 0 Å². The minimum atomic E-state index is -0.436. The highest BCUT2D eigenvalue weighted by Gasteiger charge is 2.20. The normalized spacial score (nSPS) is 16.4. The second kappa shape index (κ2) is 8.13. The molecule has 7 nitrogen and oxygen atoms in total. The molecule has 7 heteroatoms. The standard InChI is InChI=1S/C18H25N5O2/c1-19-17(13-11-20-23(2)12-13)18(24)22-15-5-3-14(4-6-15)21-16-7-9-25-10-8-16/h3-6,11-12,16-17,19,21H,7-10H2,1-2H3,(H,22,24). The zero-order valence-corrected chi connectivity index (χ0v) is 14.7. The number of likely N-dealkylation sites (N-methyl/N-ethyl adjacent to an activating group) is 1. The van der Waals surface area contributed by atoms with Crippen molar-refractivity contribution >= 4 is 17.3 Å². The van der Waals surface area contributed by atoms with Crippen LogP contribution in [0.15, 0.2) is 36.7 Å². The number of nitrogens with zero attached hydrogens (tertiary/aromatic N) is 2. The fraction of sp³-hybridized carbons (Fsp3) is 0.444. The van der Waals surface area contributed by atoms with Gasteiger partial charge < -0.3 is 20.7 Å². The zero-order chi connectivity index (χ0) is 17.6. The highest BCUT2D eigenvalue weighted by molar-refractivity contribution is 5.95. The van der Waals surface area contributed by atoms with Crippen LogP contribution in [0.25, 0.3) is 0 Å². The first-order valence-corrected chi connectivity index (χ1v) is 8.57. The van der Waals surface area contributed by atoms with E-state index < -0.39 is 6.04 Å². The molecule has 0 spiro atoms. The summed E-state index contributed by atoms with van der Waals surface area (Å²) in [6, 6.07) is 7.82. The molecule has 25 heavy (non-hydrogen) atoms. The van der Waals surface area contributed by atoms with Crippen molar-refractivity contribution in [3.8, 4) is 0 Å². The number of aromatic nitrogens is 2. The SMILES string of the molecule is CNC(C(=O)Nc1ccc(NC2CCOCC2)cc1)c1cnn(C)c1. The third-order valence-corrected chi connectivity index (χ3v) is 4.35. The van der Waals surface area contributed by atoms with Gasteiger partial charge in [0.1, 0.15) is 6.04 Å². The van der Waals surface area contributed by atoms with Crippen LogP contribution in [0.3, 0.4) is 0 Å².